The van der Waals surface area contributed by atoms with Crippen LogP contribution in [0.4, 0.5) is 0 Å². The maximum Gasteiger partial charge on any atom is 0.193 e. The fourth-order valence-electron chi connectivity index (χ4n) is 5.17. The van der Waals surface area contributed by atoms with Gasteiger partial charge in [0.05, 0.1) is 12.0 Å². The van der Waals surface area contributed by atoms with Crippen molar-refractivity contribution >= 4 is 104 Å². The van der Waals surface area contributed by atoms with E-state index < -0.39 is 20.3 Å². The van der Waals surface area contributed by atoms with E-state index in [2.05, 4.69) is 115 Å². The molecular formula is C37H46B5Br2N2O2Si. The number of rotatable bonds is 8. The quantitative estimate of drug-likeness (QED) is 0.116. The highest BCUT2D eigenvalue weighted by atomic mass is 79.9. The van der Waals surface area contributed by atoms with Gasteiger partial charge in [-0.15, -0.1) is 0 Å². The summed E-state index contributed by atoms with van der Waals surface area (Å²) in [5.41, 5.74) is 2.41. The van der Waals surface area contributed by atoms with Gasteiger partial charge in [-0.1, -0.05) is 122 Å². The second-order valence-electron chi connectivity index (χ2n) is 13.4. The Morgan fingerprint density at radius 2 is 1.47 bits per heavy atom. The highest BCUT2D eigenvalue weighted by molar-refractivity contribution is 9.10. The predicted molar refractivity (Wildman–Crippen MR) is 226 cm³/mol. The number of ketones is 1. The lowest BCUT2D eigenvalue weighted by molar-refractivity contribution is 0.0853. The van der Waals surface area contributed by atoms with Crippen molar-refractivity contribution in [3.05, 3.63) is 111 Å². The molecule has 1 heterocycles. The minimum Gasteiger partial charge on any atom is -0.402 e. The van der Waals surface area contributed by atoms with Crippen LogP contribution in [0.2, 0.25) is 18.1 Å². The number of benzene rings is 4. The number of hydrogen-bond acceptors (Lipinski definition) is 3. The summed E-state index contributed by atoms with van der Waals surface area (Å²) >= 11 is 7.08. The lowest BCUT2D eigenvalue weighted by Crippen LogP contribution is -2.49. The fraction of sp³-hybridized carbons (Fsp3) is 0.351. The molecule has 0 saturated heterocycles. The molecule has 249 valence electrons. The van der Waals surface area contributed by atoms with E-state index in [0.29, 0.717) is 6.42 Å². The second kappa shape index (κ2) is 18.3. The van der Waals surface area contributed by atoms with E-state index in [1.54, 1.807) is 0 Å². The van der Waals surface area contributed by atoms with Crippen LogP contribution in [0.1, 0.15) is 76.5 Å². The Morgan fingerprint density at radius 1 is 0.939 bits per heavy atom. The monoisotopic (exact) mass is 791 g/mol. The Balaban J connectivity index is 0.000000332. The van der Waals surface area contributed by atoms with E-state index in [1.165, 1.54) is 23.4 Å². The molecule has 1 atom stereocenters. The molecule has 7 radical (unpaired) electrons. The average Bonchev–Trinajstić information content (AvgIpc) is 3.49. The van der Waals surface area contributed by atoms with Gasteiger partial charge < -0.3 is 8.99 Å². The zero-order valence-corrected chi connectivity index (χ0v) is 33.5. The summed E-state index contributed by atoms with van der Waals surface area (Å²) in [5.74, 6) is 0.193. The number of nitrogens with zero attached hydrogens (tertiary/aromatic N) is 2. The minimum absolute atomic E-state index is 0. The number of carbonyl (C=O) groups is 1. The van der Waals surface area contributed by atoms with Crippen molar-refractivity contribution in [1.29, 1.82) is 0 Å². The number of aromatic nitrogens is 2. The summed E-state index contributed by atoms with van der Waals surface area (Å²) in [6.07, 6.45) is 4.88. The smallest absolute Gasteiger partial charge is 0.193 e. The molecule has 1 aromatic heterocycles. The summed E-state index contributed by atoms with van der Waals surface area (Å²) < 4.78 is 11.3. The van der Waals surface area contributed by atoms with Crippen molar-refractivity contribution in [2.45, 2.75) is 78.6 Å². The Labute approximate surface area is 317 Å². The van der Waals surface area contributed by atoms with Crippen molar-refractivity contribution < 1.29 is 9.22 Å². The van der Waals surface area contributed by atoms with Gasteiger partial charge >= 0.3 is 0 Å². The molecule has 5 aromatic rings. The lowest BCUT2D eigenvalue weighted by atomic mass is 8.97. The van der Waals surface area contributed by atoms with Crippen LogP contribution < -0.4 is 0 Å². The van der Waals surface area contributed by atoms with Gasteiger partial charge in [-0.25, -0.2) is 4.98 Å². The number of fused-ring (bicyclic) bond motifs is 2. The third kappa shape index (κ3) is 10.6. The van der Waals surface area contributed by atoms with Gasteiger partial charge in [0.1, 0.15) is 5.60 Å². The number of hydrogen-bond donors (Lipinski definition) is 0. The van der Waals surface area contributed by atoms with Gasteiger partial charge in [0, 0.05) is 70.8 Å². The molecule has 0 bridgehead atoms. The summed E-state index contributed by atoms with van der Waals surface area (Å²) in [6.45, 7) is 15.6. The van der Waals surface area contributed by atoms with Crippen molar-refractivity contribution in [3.8, 4) is 0 Å². The van der Waals surface area contributed by atoms with Crippen LogP contribution in [0.5, 0.6) is 0 Å². The van der Waals surface area contributed by atoms with Crippen molar-refractivity contribution in [3.63, 3.8) is 0 Å². The number of Topliss-reactive ketones (excluding diaryl/α,β-unsaturated/α-hetero) is 1. The van der Waals surface area contributed by atoms with E-state index in [1.807, 2.05) is 61.3 Å². The zero-order chi connectivity index (χ0) is 35.9. The molecule has 0 N–H and O–H groups in total. The Bertz CT molecular complexity index is 1850. The van der Waals surface area contributed by atoms with Gasteiger partial charge in [0.25, 0.3) is 0 Å². The van der Waals surface area contributed by atoms with E-state index in [9.17, 15) is 4.79 Å². The molecule has 5 rings (SSSR count). The van der Waals surface area contributed by atoms with Crippen LogP contribution in [0.25, 0.3) is 21.5 Å². The van der Waals surface area contributed by atoms with E-state index in [0.717, 1.165) is 37.4 Å². The molecule has 0 spiro atoms. The van der Waals surface area contributed by atoms with Crippen LogP contribution in [-0.2, 0) is 17.1 Å². The molecule has 4 aromatic carbocycles. The number of imidazole rings is 1. The maximum atomic E-state index is 11.7. The predicted octanol–water partition coefficient (Wildman–Crippen LogP) is 9.94. The first-order valence-corrected chi connectivity index (χ1v) is 20.6. The first kappa shape index (κ1) is 42.9. The Hall–Kier alpha value is -2.26. The van der Waals surface area contributed by atoms with Crippen molar-refractivity contribution in [2.24, 2.45) is 7.05 Å². The fourth-order valence-corrected chi connectivity index (χ4v) is 7.43. The Morgan fingerprint density at radius 3 is 1.94 bits per heavy atom. The number of aryl methyl sites for hydroxylation is 1. The van der Waals surface area contributed by atoms with Gasteiger partial charge in [0.2, 0.25) is 0 Å². The molecule has 0 aliphatic carbocycles. The summed E-state index contributed by atoms with van der Waals surface area (Å²) in [6, 6.07) is 24.8. The standard InChI is InChI=1S/C23H31BrN2OSi.C13H11BrO.CH4.B5/c1-8-23(21-15-26(5)16-25-21,27-28(6,7)22(2,3)4)20-11-9-10-17-12-13-18(24)14-19(17)20;1-2-13(15)11-5-3-4-9-6-7-10(14)8-12(9)11;;1-4-5(2)3/h9-16H,8H2,1-7H3;3-8H,2H2,1H3;1H4;. The molecule has 0 amide bonds. The molecule has 12 heteroatoms. The van der Waals surface area contributed by atoms with E-state index in [4.69, 9.17) is 32.6 Å². The lowest BCUT2D eigenvalue weighted by Gasteiger charge is -2.45. The third-order valence-corrected chi connectivity index (χ3v) is 14.3. The molecule has 0 aliphatic heterocycles. The molecule has 0 aliphatic rings. The summed E-state index contributed by atoms with van der Waals surface area (Å²) in [7, 11) is 15.7. The van der Waals surface area contributed by atoms with Gasteiger partial charge in [-0.2, -0.15) is 0 Å². The zero-order valence-electron chi connectivity index (χ0n) is 29.4. The third-order valence-electron chi connectivity index (χ3n) is 8.82. The Kier molecular flexibility index (Phi) is 16.0. The van der Waals surface area contributed by atoms with Gasteiger partial charge in [-0.05, 0) is 75.9 Å². The summed E-state index contributed by atoms with van der Waals surface area (Å²) in [4.78, 5) is 16.5. The van der Waals surface area contributed by atoms with Gasteiger partial charge in [-0.3, -0.25) is 4.79 Å². The first-order chi connectivity index (χ1) is 22.5. The van der Waals surface area contributed by atoms with Crippen LogP contribution in [0, 0.1) is 0 Å². The normalized spacial score (nSPS) is 12.4. The van der Waals surface area contributed by atoms with E-state index in [-0.39, 0.29) is 18.2 Å². The molecule has 0 fully saturated rings. The number of halogens is 2. The van der Waals surface area contributed by atoms with Crippen LogP contribution in [0.3, 0.4) is 0 Å². The molecular weight excluding hydrogens is 746 g/mol. The van der Waals surface area contributed by atoms with Gasteiger partial charge in [0.15, 0.2) is 14.1 Å². The molecule has 49 heavy (non-hydrogen) atoms. The molecule has 1 unspecified atom stereocenters. The SMILES string of the molecule is C.CCC(=O)c1cccc2ccc(Br)cc12.CCC(O[Si](C)(C)C(C)(C)C)(c1cn(C)cn1)c1cccc2ccc(Br)cc12.[B][B]B([B])[B]. The molecule has 0 saturated carbocycles. The van der Waals surface area contributed by atoms with Crippen molar-refractivity contribution in [1.82, 2.24) is 9.55 Å². The van der Waals surface area contributed by atoms with E-state index >= 15 is 0 Å². The topological polar surface area (TPSA) is 44.1 Å². The highest BCUT2D eigenvalue weighted by Gasteiger charge is 2.47. The van der Waals surface area contributed by atoms with Crippen LogP contribution >= 0.6 is 31.9 Å². The van der Waals surface area contributed by atoms with Crippen LogP contribution in [-0.4, -0.2) is 60.3 Å². The van der Waals surface area contributed by atoms with Crippen molar-refractivity contribution in [2.75, 3.05) is 0 Å². The molecule has 4 nitrogen and oxygen atoms in total. The highest BCUT2D eigenvalue weighted by Crippen LogP contribution is 2.47. The number of carbonyl (C=O) groups excluding carboxylic acids is 1. The largest absolute Gasteiger partial charge is 0.402 e. The summed E-state index contributed by atoms with van der Waals surface area (Å²) in [5, 5.41) is 4.67. The first-order valence-electron chi connectivity index (χ1n) is 16.1. The van der Waals surface area contributed by atoms with Crippen LogP contribution in [0.15, 0.2) is 94.3 Å². The second-order valence-corrected chi connectivity index (χ2v) is 19.9. The maximum absolute atomic E-state index is 11.7. The average molecular weight is 793 g/mol. The minimum atomic E-state index is -2.08.